The second-order valence-electron chi connectivity index (χ2n) is 4.01. The molecule has 98 valence electrons. The van der Waals surface area contributed by atoms with Gasteiger partial charge in [0, 0.05) is 11.6 Å². The van der Waals surface area contributed by atoms with E-state index in [1.165, 1.54) is 24.6 Å². The monoisotopic (exact) mass is 268 g/mol. The molecule has 2 aromatic rings. The van der Waals surface area contributed by atoms with Crippen LogP contribution in [0.25, 0.3) is 10.9 Å². The van der Waals surface area contributed by atoms with Gasteiger partial charge in [-0.15, -0.1) is 0 Å². The third-order valence-corrected chi connectivity index (χ3v) is 2.75. The largest absolute Gasteiger partial charge is 0.461 e. The van der Waals surface area contributed by atoms with Crippen LogP contribution in [0, 0.1) is 0 Å². The van der Waals surface area contributed by atoms with Crippen LogP contribution < -0.4 is 15.6 Å². The molecule has 0 unspecified atom stereocenters. The van der Waals surface area contributed by atoms with Crippen LogP contribution in [0.2, 0.25) is 0 Å². The van der Waals surface area contributed by atoms with Crippen molar-refractivity contribution in [1.29, 1.82) is 0 Å². The van der Waals surface area contributed by atoms with E-state index in [-0.39, 0.29) is 5.39 Å². The Morgan fingerprint density at radius 2 is 1.95 bits per heavy atom. The van der Waals surface area contributed by atoms with Crippen molar-refractivity contribution in [3.05, 3.63) is 46.6 Å². The molecule has 3 rings (SSSR count). The molecule has 19 heavy (non-hydrogen) atoms. The lowest BCUT2D eigenvalue weighted by molar-refractivity contribution is -0.138. The van der Waals surface area contributed by atoms with Gasteiger partial charge in [0.25, 0.3) is 5.56 Å². The molecule has 7 heteroatoms. The zero-order valence-corrected chi connectivity index (χ0v) is 9.34. The molecule has 0 spiro atoms. The number of ether oxygens (including phenoxy) is 1. The zero-order chi connectivity index (χ0) is 13.6. The van der Waals surface area contributed by atoms with Crippen molar-refractivity contribution in [2.24, 2.45) is 0 Å². The number of rotatable bonds is 0. The van der Waals surface area contributed by atoms with Crippen LogP contribution in [0.4, 0.5) is 18.9 Å². The van der Waals surface area contributed by atoms with Gasteiger partial charge in [-0.05, 0) is 18.2 Å². The van der Waals surface area contributed by atoms with E-state index in [0.29, 0.717) is 17.0 Å². The van der Waals surface area contributed by atoms with Crippen LogP contribution in [0.5, 0.6) is 5.75 Å². The molecule has 1 aromatic carbocycles. The molecule has 1 aliphatic rings. The number of hydrogen-bond donors (Lipinski definition) is 2. The molecule has 0 aliphatic carbocycles. The summed E-state index contributed by atoms with van der Waals surface area (Å²) in [5, 5.41) is 3.12. The summed E-state index contributed by atoms with van der Waals surface area (Å²) >= 11 is 0. The summed E-state index contributed by atoms with van der Waals surface area (Å²) in [5.41, 5.74) is -1.50. The molecule has 0 fully saturated rings. The maximum Gasteiger partial charge on any atom is 0.421 e. The molecule has 0 saturated heterocycles. The number of hydrogen-bond acceptors (Lipinski definition) is 3. The average Bonchev–Trinajstić information content (AvgIpc) is 2.34. The highest BCUT2D eigenvalue weighted by Crippen LogP contribution is 2.33. The first kappa shape index (κ1) is 11.6. The first-order valence-corrected chi connectivity index (χ1v) is 5.31. The van der Waals surface area contributed by atoms with Crippen molar-refractivity contribution in [3.63, 3.8) is 0 Å². The predicted octanol–water partition coefficient (Wildman–Crippen LogP) is 2.82. The Labute approximate surface area is 104 Å². The molecule has 1 aliphatic heterocycles. The van der Waals surface area contributed by atoms with Gasteiger partial charge in [-0.1, -0.05) is 0 Å². The molecular weight excluding hydrogens is 261 g/mol. The molecule has 2 N–H and O–H groups in total. The van der Waals surface area contributed by atoms with Gasteiger partial charge in [0.1, 0.15) is 11.8 Å². The van der Waals surface area contributed by atoms with E-state index in [9.17, 15) is 18.0 Å². The van der Waals surface area contributed by atoms with E-state index in [1.54, 1.807) is 0 Å². The number of aromatic nitrogens is 1. The van der Waals surface area contributed by atoms with E-state index < -0.39 is 17.3 Å². The van der Waals surface area contributed by atoms with E-state index in [4.69, 9.17) is 4.74 Å². The SMILES string of the molecule is O=c1[nH]c2cc3c(cc2cc1C(F)(F)F)OC=CN3. The standard InChI is InChI=1S/C12H7F3N2O2/c13-12(14,15)7-3-6-4-10-9(16-1-2-19-10)5-8(6)17-11(7)18/h1-5,16H,(H,17,18). The number of aromatic amines is 1. The summed E-state index contributed by atoms with van der Waals surface area (Å²) in [6.07, 6.45) is -1.77. The molecule has 0 atom stereocenters. The minimum absolute atomic E-state index is 0.253. The van der Waals surface area contributed by atoms with E-state index in [0.717, 1.165) is 6.07 Å². The van der Waals surface area contributed by atoms with Gasteiger partial charge in [-0.2, -0.15) is 13.2 Å². The maximum atomic E-state index is 12.6. The van der Waals surface area contributed by atoms with Gasteiger partial charge in [0.05, 0.1) is 11.2 Å². The van der Waals surface area contributed by atoms with Crippen molar-refractivity contribution in [2.45, 2.75) is 6.18 Å². The molecular formula is C12H7F3N2O2. The van der Waals surface area contributed by atoms with Crippen LogP contribution in [0.1, 0.15) is 5.56 Å². The number of benzene rings is 1. The summed E-state index contributed by atoms with van der Waals surface area (Å²) in [6, 6.07) is 3.78. The second-order valence-corrected chi connectivity index (χ2v) is 4.01. The van der Waals surface area contributed by atoms with Crippen molar-refractivity contribution in [2.75, 3.05) is 5.32 Å². The van der Waals surface area contributed by atoms with Crippen molar-refractivity contribution >= 4 is 16.6 Å². The lowest BCUT2D eigenvalue weighted by atomic mass is 10.1. The number of pyridine rings is 1. The highest BCUT2D eigenvalue weighted by Gasteiger charge is 2.34. The predicted molar refractivity (Wildman–Crippen MR) is 63.0 cm³/mol. The van der Waals surface area contributed by atoms with Crippen LogP contribution in [-0.4, -0.2) is 4.98 Å². The highest BCUT2D eigenvalue weighted by atomic mass is 19.4. The van der Waals surface area contributed by atoms with Gasteiger partial charge in [-0.3, -0.25) is 4.79 Å². The van der Waals surface area contributed by atoms with Crippen LogP contribution in [-0.2, 0) is 6.18 Å². The highest BCUT2D eigenvalue weighted by molar-refractivity contribution is 5.86. The topological polar surface area (TPSA) is 54.1 Å². The molecule has 2 heterocycles. The molecule has 1 aromatic heterocycles. The van der Waals surface area contributed by atoms with Gasteiger partial charge in [0.2, 0.25) is 0 Å². The third kappa shape index (κ3) is 1.92. The molecule has 4 nitrogen and oxygen atoms in total. The number of H-pyrrole nitrogens is 1. The van der Waals surface area contributed by atoms with E-state index in [2.05, 4.69) is 10.3 Å². The number of alkyl halides is 3. The fourth-order valence-electron chi connectivity index (χ4n) is 1.89. The maximum absolute atomic E-state index is 12.6. The Morgan fingerprint density at radius 1 is 1.16 bits per heavy atom. The minimum atomic E-state index is -4.68. The summed E-state index contributed by atoms with van der Waals surface area (Å²) in [6.45, 7) is 0. The van der Waals surface area contributed by atoms with Gasteiger partial charge in [0.15, 0.2) is 5.75 Å². The third-order valence-electron chi connectivity index (χ3n) is 2.75. The first-order valence-electron chi connectivity index (χ1n) is 5.31. The quantitative estimate of drug-likeness (QED) is 0.772. The van der Waals surface area contributed by atoms with Gasteiger partial charge in [-0.25, -0.2) is 0 Å². The number of anilines is 1. The number of halogens is 3. The van der Waals surface area contributed by atoms with Crippen LogP contribution in [0.15, 0.2) is 35.5 Å². The van der Waals surface area contributed by atoms with Gasteiger partial charge < -0.3 is 15.0 Å². The van der Waals surface area contributed by atoms with Crippen molar-refractivity contribution < 1.29 is 17.9 Å². The average molecular weight is 268 g/mol. The summed E-state index contributed by atoms with van der Waals surface area (Å²) < 4.78 is 43.1. The van der Waals surface area contributed by atoms with Crippen LogP contribution in [0.3, 0.4) is 0 Å². The Hall–Kier alpha value is -2.44. The lowest BCUT2D eigenvalue weighted by Gasteiger charge is -2.14. The fraction of sp³-hybridized carbons (Fsp3) is 0.0833. The Bertz CT molecular complexity index is 747. The Balaban J connectivity index is 2.27. The number of fused-ring (bicyclic) bond motifs is 2. The van der Waals surface area contributed by atoms with Gasteiger partial charge >= 0.3 is 6.18 Å². The lowest BCUT2D eigenvalue weighted by Crippen LogP contribution is -2.21. The zero-order valence-electron chi connectivity index (χ0n) is 9.34. The number of nitrogens with one attached hydrogen (secondary N) is 2. The summed E-state index contributed by atoms with van der Waals surface area (Å²) in [5.74, 6) is 0.398. The van der Waals surface area contributed by atoms with E-state index in [1.807, 2.05) is 0 Å². The molecule has 0 bridgehead atoms. The summed E-state index contributed by atoms with van der Waals surface area (Å²) in [4.78, 5) is 13.6. The minimum Gasteiger partial charge on any atom is -0.461 e. The first-order chi connectivity index (χ1) is 8.95. The Morgan fingerprint density at radius 3 is 2.68 bits per heavy atom. The smallest absolute Gasteiger partial charge is 0.421 e. The Kier molecular flexibility index (Phi) is 2.31. The van der Waals surface area contributed by atoms with Crippen LogP contribution >= 0.6 is 0 Å². The summed E-state index contributed by atoms with van der Waals surface area (Å²) in [7, 11) is 0. The molecule has 0 amide bonds. The van der Waals surface area contributed by atoms with Crippen molar-refractivity contribution in [1.82, 2.24) is 4.98 Å². The fourth-order valence-corrected chi connectivity index (χ4v) is 1.89. The molecule has 0 saturated carbocycles. The molecule has 0 radical (unpaired) electrons. The normalized spacial score (nSPS) is 13.8. The van der Waals surface area contributed by atoms with E-state index >= 15 is 0 Å². The van der Waals surface area contributed by atoms with Crippen molar-refractivity contribution in [3.8, 4) is 5.75 Å². The second kappa shape index (κ2) is 3.78.